The van der Waals surface area contributed by atoms with Crippen molar-refractivity contribution < 1.29 is 19.1 Å². The van der Waals surface area contributed by atoms with Gasteiger partial charge in [0.2, 0.25) is 5.91 Å². The Hall–Kier alpha value is -1.27. The normalized spacial score (nSPS) is 9.89. The molecule has 0 aliphatic heterocycles. The van der Waals surface area contributed by atoms with Crippen LogP contribution in [0.3, 0.4) is 0 Å². The third kappa shape index (κ3) is 4.11. The Bertz CT molecular complexity index is 493. The number of amides is 1. The van der Waals surface area contributed by atoms with E-state index in [9.17, 15) is 9.59 Å². The van der Waals surface area contributed by atoms with Gasteiger partial charge in [0, 0.05) is 17.8 Å². The van der Waals surface area contributed by atoms with Crippen molar-refractivity contribution in [2.45, 2.75) is 6.42 Å². The van der Waals surface area contributed by atoms with Gasteiger partial charge in [0.25, 0.3) is 0 Å². The minimum Gasteiger partial charge on any atom is -0.496 e. The number of carbonyl (C=O) groups is 2. The van der Waals surface area contributed by atoms with Gasteiger partial charge >= 0.3 is 5.97 Å². The highest BCUT2D eigenvalue weighted by Crippen LogP contribution is 2.31. The second-order valence-corrected chi connectivity index (χ2v) is 4.71. The molecule has 0 bridgehead atoms. The van der Waals surface area contributed by atoms with E-state index in [0.29, 0.717) is 17.4 Å². The number of anilines is 1. The van der Waals surface area contributed by atoms with Crippen LogP contribution in [0.2, 0.25) is 5.02 Å². The van der Waals surface area contributed by atoms with E-state index in [2.05, 4.69) is 26.0 Å². The molecule has 0 aromatic heterocycles. The second kappa shape index (κ2) is 7.35. The van der Waals surface area contributed by atoms with Gasteiger partial charge in [0.1, 0.15) is 11.3 Å². The number of ether oxygens (including phenoxy) is 2. The Balaban J connectivity index is 3.09. The van der Waals surface area contributed by atoms with E-state index in [4.69, 9.17) is 16.3 Å². The Morgan fingerprint density at radius 1 is 1.37 bits per heavy atom. The van der Waals surface area contributed by atoms with Crippen LogP contribution < -0.4 is 10.1 Å². The number of nitrogens with one attached hydrogen (secondary N) is 1. The summed E-state index contributed by atoms with van der Waals surface area (Å²) in [5.41, 5.74) is 0.589. The zero-order valence-electron chi connectivity index (χ0n) is 10.5. The van der Waals surface area contributed by atoms with Gasteiger partial charge in [-0.15, -0.1) is 0 Å². The fourth-order valence-corrected chi connectivity index (χ4v) is 1.96. The van der Waals surface area contributed by atoms with E-state index in [1.165, 1.54) is 26.4 Å². The van der Waals surface area contributed by atoms with Crippen LogP contribution >= 0.6 is 27.5 Å². The maximum atomic E-state index is 11.5. The molecule has 1 amide bonds. The highest BCUT2D eigenvalue weighted by molar-refractivity contribution is 9.09. The molecule has 0 aliphatic rings. The zero-order chi connectivity index (χ0) is 14.4. The minimum absolute atomic E-state index is 0.188. The van der Waals surface area contributed by atoms with Crippen molar-refractivity contribution in [3.8, 4) is 5.75 Å². The van der Waals surface area contributed by atoms with Crippen molar-refractivity contribution in [2.75, 3.05) is 24.9 Å². The van der Waals surface area contributed by atoms with E-state index in [-0.39, 0.29) is 22.2 Å². The minimum atomic E-state index is -0.558. The summed E-state index contributed by atoms with van der Waals surface area (Å²) >= 11 is 9.18. The molecule has 0 saturated carbocycles. The molecule has 0 unspecified atom stereocenters. The largest absolute Gasteiger partial charge is 0.496 e. The van der Waals surface area contributed by atoms with E-state index < -0.39 is 5.97 Å². The number of methoxy groups -OCH3 is 2. The van der Waals surface area contributed by atoms with Gasteiger partial charge in [0.15, 0.2) is 0 Å². The van der Waals surface area contributed by atoms with Gasteiger partial charge in [0.05, 0.1) is 24.9 Å². The quantitative estimate of drug-likeness (QED) is 0.655. The van der Waals surface area contributed by atoms with E-state index in [0.717, 1.165) is 0 Å². The Labute approximate surface area is 124 Å². The fraction of sp³-hybridized carbons (Fsp3) is 0.333. The fourth-order valence-electron chi connectivity index (χ4n) is 1.39. The summed E-state index contributed by atoms with van der Waals surface area (Å²) in [5.74, 6) is -0.464. The lowest BCUT2D eigenvalue weighted by Gasteiger charge is -2.12. The van der Waals surface area contributed by atoms with Gasteiger partial charge in [-0.3, -0.25) is 4.79 Å². The average molecular weight is 351 g/mol. The lowest BCUT2D eigenvalue weighted by molar-refractivity contribution is -0.115. The maximum Gasteiger partial charge on any atom is 0.341 e. The summed E-state index contributed by atoms with van der Waals surface area (Å²) in [6.45, 7) is 0. The molecule has 7 heteroatoms. The first kappa shape index (κ1) is 15.8. The SMILES string of the molecule is COC(=O)c1cc(Cl)c(NC(=O)CCBr)cc1OC. The van der Waals surface area contributed by atoms with Crippen LogP contribution in [0.1, 0.15) is 16.8 Å². The van der Waals surface area contributed by atoms with Crippen LogP contribution in [0.5, 0.6) is 5.75 Å². The molecule has 0 spiro atoms. The first-order valence-electron chi connectivity index (χ1n) is 5.35. The smallest absolute Gasteiger partial charge is 0.341 e. The van der Waals surface area contributed by atoms with Crippen LogP contribution in [-0.4, -0.2) is 31.4 Å². The van der Waals surface area contributed by atoms with Gasteiger partial charge in [-0.25, -0.2) is 4.79 Å². The number of hydrogen-bond donors (Lipinski definition) is 1. The predicted octanol–water partition coefficient (Wildman–Crippen LogP) is 2.86. The number of rotatable bonds is 5. The van der Waals surface area contributed by atoms with E-state index >= 15 is 0 Å². The highest BCUT2D eigenvalue weighted by atomic mass is 79.9. The Morgan fingerprint density at radius 3 is 2.58 bits per heavy atom. The van der Waals surface area contributed by atoms with Crippen LogP contribution in [0.15, 0.2) is 12.1 Å². The van der Waals surface area contributed by atoms with Crippen LogP contribution in [0.25, 0.3) is 0 Å². The van der Waals surface area contributed by atoms with Crippen molar-refractivity contribution in [2.24, 2.45) is 0 Å². The molecule has 0 saturated heterocycles. The maximum absolute atomic E-state index is 11.5. The molecule has 0 radical (unpaired) electrons. The first-order valence-corrected chi connectivity index (χ1v) is 6.85. The highest BCUT2D eigenvalue weighted by Gasteiger charge is 2.17. The van der Waals surface area contributed by atoms with Gasteiger partial charge in [-0.1, -0.05) is 27.5 Å². The summed E-state index contributed by atoms with van der Waals surface area (Å²) in [5, 5.41) is 3.43. The third-order valence-corrected chi connectivity index (χ3v) is 3.00. The van der Waals surface area contributed by atoms with Crippen LogP contribution in [0.4, 0.5) is 5.69 Å². The van der Waals surface area contributed by atoms with Crippen molar-refractivity contribution in [3.63, 3.8) is 0 Å². The van der Waals surface area contributed by atoms with E-state index in [1.54, 1.807) is 0 Å². The molecule has 19 heavy (non-hydrogen) atoms. The number of halogens is 2. The van der Waals surface area contributed by atoms with Crippen molar-refractivity contribution in [3.05, 3.63) is 22.7 Å². The molecule has 104 valence electrons. The molecule has 1 N–H and O–H groups in total. The first-order chi connectivity index (χ1) is 9.03. The standard InChI is InChI=1S/C12H13BrClNO4/c1-18-10-6-9(15-11(16)3-4-13)8(14)5-7(10)12(17)19-2/h5-6H,3-4H2,1-2H3,(H,15,16). The molecule has 0 aliphatic carbocycles. The Kier molecular flexibility index (Phi) is 6.11. The average Bonchev–Trinajstić information content (AvgIpc) is 2.40. The molecule has 5 nitrogen and oxygen atoms in total. The number of benzene rings is 1. The molecular weight excluding hydrogens is 337 g/mol. The molecular formula is C12H13BrClNO4. The topological polar surface area (TPSA) is 64.6 Å². The summed E-state index contributed by atoms with van der Waals surface area (Å²) in [4.78, 5) is 23.0. The van der Waals surface area contributed by atoms with E-state index in [1.807, 2.05) is 0 Å². The molecule has 0 atom stereocenters. The Morgan fingerprint density at radius 2 is 2.05 bits per heavy atom. The number of carbonyl (C=O) groups excluding carboxylic acids is 2. The summed E-state index contributed by atoms with van der Waals surface area (Å²) in [7, 11) is 2.68. The van der Waals surface area contributed by atoms with Crippen molar-refractivity contribution in [1.82, 2.24) is 0 Å². The molecule has 0 fully saturated rings. The van der Waals surface area contributed by atoms with Gasteiger partial charge < -0.3 is 14.8 Å². The zero-order valence-corrected chi connectivity index (χ0v) is 12.8. The molecule has 1 rings (SSSR count). The summed E-state index contributed by atoms with van der Waals surface area (Å²) < 4.78 is 9.71. The summed E-state index contributed by atoms with van der Waals surface area (Å²) in [6.07, 6.45) is 0.317. The van der Waals surface area contributed by atoms with Gasteiger partial charge in [-0.2, -0.15) is 0 Å². The summed E-state index contributed by atoms with van der Waals surface area (Å²) in [6, 6.07) is 2.89. The lowest BCUT2D eigenvalue weighted by Crippen LogP contribution is -2.13. The van der Waals surface area contributed by atoms with Crippen LogP contribution in [-0.2, 0) is 9.53 Å². The molecule has 0 heterocycles. The monoisotopic (exact) mass is 349 g/mol. The number of esters is 1. The lowest BCUT2D eigenvalue weighted by atomic mass is 10.1. The molecule has 1 aromatic rings. The second-order valence-electron chi connectivity index (χ2n) is 3.51. The number of alkyl halides is 1. The van der Waals surface area contributed by atoms with Gasteiger partial charge in [-0.05, 0) is 6.07 Å². The van der Waals surface area contributed by atoms with Crippen molar-refractivity contribution in [1.29, 1.82) is 0 Å². The third-order valence-electron chi connectivity index (χ3n) is 2.29. The predicted molar refractivity (Wildman–Crippen MR) is 76.4 cm³/mol. The molecule has 1 aromatic carbocycles. The van der Waals surface area contributed by atoms with Crippen LogP contribution in [0, 0.1) is 0 Å². The van der Waals surface area contributed by atoms with Crippen molar-refractivity contribution >= 4 is 45.1 Å². The number of hydrogen-bond acceptors (Lipinski definition) is 4.